The summed E-state index contributed by atoms with van der Waals surface area (Å²) in [6, 6.07) is 3.36. The SMILES string of the molecule is CC(=O)c1ccc([N+](=O)[O-])cc1O. The van der Waals surface area contributed by atoms with Crippen molar-refractivity contribution in [3.63, 3.8) is 0 Å². The van der Waals surface area contributed by atoms with Gasteiger partial charge in [0.25, 0.3) is 5.69 Å². The quantitative estimate of drug-likeness (QED) is 0.426. The number of carbonyl (C=O) groups excluding carboxylic acids is 1. The van der Waals surface area contributed by atoms with Crippen molar-refractivity contribution in [2.75, 3.05) is 0 Å². The maximum Gasteiger partial charge on any atom is 0.273 e. The molecule has 0 aromatic heterocycles. The molecule has 5 nitrogen and oxygen atoms in total. The molecule has 0 amide bonds. The average Bonchev–Trinajstić information content (AvgIpc) is 2.03. The first kappa shape index (κ1) is 9.18. The molecular formula is C8H7NO4. The Morgan fingerprint density at radius 2 is 2.15 bits per heavy atom. The summed E-state index contributed by atoms with van der Waals surface area (Å²) in [4.78, 5) is 20.4. The third kappa shape index (κ3) is 1.81. The van der Waals surface area contributed by atoms with Gasteiger partial charge in [0.15, 0.2) is 5.78 Å². The number of nitro benzene ring substituents is 1. The lowest BCUT2D eigenvalue weighted by Gasteiger charge is -1.98. The Morgan fingerprint density at radius 1 is 1.54 bits per heavy atom. The lowest BCUT2D eigenvalue weighted by Crippen LogP contribution is -1.94. The number of non-ortho nitro benzene ring substituents is 1. The number of ketones is 1. The monoisotopic (exact) mass is 181 g/mol. The van der Waals surface area contributed by atoms with Gasteiger partial charge in [0.2, 0.25) is 0 Å². The summed E-state index contributed by atoms with van der Waals surface area (Å²) in [6.07, 6.45) is 0. The fraction of sp³-hybridized carbons (Fsp3) is 0.125. The number of Topliss-reactive ketones (excluding diaryl/α,β-unsaturated/α-hetero) is 1. The van der Waals surface area contributed by atoms with Crippen LogP contribution in [0.3, 0.4) is 0 Å². The Bertz CT molecular complexity index is 372. The Hall–Kier alpha value is -1.91. The molecular weight excluding hydrogens is 174 g/mol. The van der Waals surface area contributed by atoms with E-state index in [2.05, 4.69) is 0 Å². The molecule has 0 aliphatic carbocycles. The van der Waals surface area contributed by atoms with Gasteiger partial charge in [0.1, 0.15) is 5.75 Å². The van der Waals surface area contributed by atoms with Crippen molar-refractivity contribution in [2.24, 2.45) is 0 Å². The normalized spacial score (nSPS) is 9.62. The molecule has 0 bridgehead atoms. The van der Waals surface area contributed by atoms with Crippen molar-refractivity contribution >= 4 is 11.5 Å². The van der Waals surface area contributed by atoms with Gasteiger partial charge < -0.3 is 5.11 Å². The van der Waals surface area contributed by atoms with Crippen LogP contribution in [0.4, 0.5) is 5.69 Å². The molecule has 1 aromatic rings. The summed E-state index contributed by atoms with van der Waals surface area (Å²) in [5.74, 6) is -0.686. The zero-order valence-electron chi connectivity index (χ0n) is 6.85. The van der Waals surface area contributed by atoms with Crippen LogP contribution >= 0.6 is 0 Å². The van der Waals surface area contributed by atoms with E-state index in [4.69, 9.17) is 0 Å². The van der Waals surface area contributed by atoms with Gasteiger partial charge in [-0.3, -0.25) is 14.9 Å². The lowest BCUT2D eigenvalue weighted by molar-refractivity contribution is -0.384. The van der Waals surface area contributed by atoms with Crippen LogP contribution in [0.5, 0.6) is 5.75 Å². The summed E-state index contributed by atoms with van der Waals surface area (Å²) in [7, 11) is 0. The zero-order valence-corrected chi connectivity index (χ0v) is 6.85. The smallest absolute Gasteiger partial charge is 0.273 e. The second kappa shape index (κ2) is 3.22. The Balaban J connectivity index is 3.20. The Morgan fingerprint density at radius 3 is 2.54 bits per heavy atom. The largest absolute Gasteiger partial charge is 0.507 e. The van der Waals surface area contributed by atoms with Gasteiger partial charge >= 0.3 is 0 Å². The van der Waals surface area contributed by atoms with E-state index in [-0.39, 0.29) is 22.8 Å². The van der Waals surface area contributed by atoms with Crippen LogP contribution in [0, 0.1) is 10.1 Å². The molecule has 0 unspecified atom stereocenters. The van der Waals surface area contributed by atoms with Crippen molar-refractivity contribution < 1.29 is 14.8 Å². The van der Waals surface area contributed by atoms with Crippen LogP contribution in [0.15, 0.2) is 18.2 Å². The lowest BCUT2D eigenvalue weighted by atomic mass is 10.1. The van der Waals surface area contributed by atoms with Crippen LogP contribution in [-0.4, -0.2) is 15.8 Å². The fourth-order valence-electron chi connectivity index (χ4n) is 0.931. The van der Waals surface area contributed by atoms with Crippen molar-refractivity contribution in [1.82, 2.24) is 0 Å². The predicted octanol–water partition coefficient (Wildman–Crippen LogP) is 1.50. The Kier molecular flexibility index (Phi) is 2.27. The summed E-state index contributed by atoms with van der Waals surface area (Å²) in [5, 5.41) is 19.4. The molecule has 0 aliphatic heterocycles. The maximum absolute atomic E-state index is 10.8. The van der Waals surface area contributed by atoms with Crippen molar-refractivity contribution in [3.8, 4) is 5.75 Å². The molecule has 0 spiro atoms. The highest BCUT2D eigenvalue weighted by Gasteiger charge is 2.11. The van der Waals surface area contributed by atoms with E-state index in [9.17, 15) is 20.0 Å². The average molecular weight is 181 g/mol. The topological polar surface area (TPSA) is 80.4 Å². The van der Waals surface area contributed by atoms with E-state index in [1.807, 2.05) is 0 Å². The van der Waals surface area contributed by atoms with E-state index >= 15 is 0 Å². The highest BCUT2D eigenvalue weighted by Crippen LogP contribution is 2.23. The summed E-state index contributed by atoms with van der Waals surface area (Å²) in [5.41, 5.74) is -0.145. The first-order valence-electron chi connectivity index (χ1n) is 3.50. The third-order valence-electron chi connectivity index (χ3n) is 1.57. The van der Waals surface area contributed by atoms with Gasteiger partial charge in [0, 0.05) is 6.07 Å². The zero-order chi connectivity index (χ0) is 10.0. The van der Waals surface area contributed by atoms with Gasteiger partial charge in [0.05, 0.1) is 16.6 Å². The number of hydrogen-bond acceptors (Lipinski definition) is 4. The van der Waals surface area contributed by atoms with Crippen LogP contribution in [0.1, 0.15) is 17.3 Å². The molecule has 5 heteroatoms. The molecule has 0 fully saturated rings. The molecule has 68 valence electrons. The van der Waals surface area contributed by atoms with E-state index in [0.29, 0.717) is 0 Å². The van der Waals surface area contributed by atoms with Gasteiger partial charge in [-0.2, -0.15) is 0 Å². The number of nitro groups is 1. The standard InChI is InChI=1S/C8H7NO4/c1-5(10)7-3-2-6(9(12)13)4-8(7)11/h2-4,11H,1H3. The number of hydrogen-bond donors (Lipinski definition) is 1. The van der Waals surface area contributed by atoms with Crippen LogP contribution < -0.4 is 0 Å². The molecule has 1 rings (SSSR count). The minimum atomic E-state index is -0.635. The highest BCUT2D eigenvalue weighted by atomic mass is 16.6. The molecule has 0 aliphatic rings. The van der Waals surface area contributed by atoms with Gasteiger partial charge in [-0.15, -0.1) is 0 Å². The third-order valence-corrected chi connectivity index (χ3v) is 1.57. The number of aromatic hydroxyl groups is 1. The minimum absolute atomic E-state index is 0.0885. The molecule has 0 radical (unpaired) electrons. The van der Waals surface area contributed by atoms with Gasteiger partial charge in [-0.25, -0.2) is 0 Å². The number of benzene rings is 1. The number of carbonyl (C=O) groups is 1. The van der Waals surface area contributed by atoms with Crippen LogP contribution in [0.25, 0.3) is 0 Å². The van der Waals surface area contributed by atoms with E-state index < -0.39 is 4.92 Å². The summed E-state index contributed by atoms with van der Waals surface area (Å²) in [6.45, 7) is 1.28. The molecule has 1 N–H and O–H groups in total. The number of phenolic OH excluding ortho intramolecular Hbond substituents is 1. The maximum atomic E-state index is 10.8. The number of phenols is 1. The first-order chi connectivity index (χ1) is 6.02. The molecule has 13 heavy (non-hydrogen) atoms. The minimum Gasteiger partial charge on any atom is -0.507 e. The molecule has 0 heterocycles. The molecule has 0 saturated carbocycles. The van der Waals surface area contributed by atoms with Crippen molar-refractivity contribution in [3.05, 3.63) is 33.9 Å². The van der Waals surface area contributed by atoms with Crippen molar-refractivity contribution in [1.29, 1.82) is 0 Å². The van der Waals surface area contributed by atoms with Gasteiger partial charge in [-0.05, 0) is 13.0 Å². The van der Waals surface area contributed by atoms with E-state index in [1.54, 1.807) is 0 Å². The summed E-state index contributed by atoms with van der Waals surface area (Å²) < 4.78 is 0. The highest BCUT2D eigenvalue weighted by molar-refractivity contribution is 5.96. The number of rotatable bonds is 2. The van der Waals surface area contributed by atoms with E-state index in [0.717, 1.165) is 6.07 Å². The molecule has 0 saturated heterocycles. The fourth-order valence-corrected chi connectivity index (χ4v) is 0.931. The predicted molar refractivity (Wildman–Crippen MR) is 44.8 cm³/mol. The van der Waals surface area contributed by atoms with Crippen molar-refractivity contribution in [2.45, 2.75) is 6.92 Å². The molecule has 0 atom stereocenters. The van der Waals surface area contributed by atoms with Gasteiger partial charge in [-0.1, -0.05) is 0 Å². The first-order valence-corrected chi connectivity index (χ1v) is 3.50. The van der Waals surface area contributed by atoms with Crippen LogP contribution in [0.2, 0.25) is 0 Å². The van der Waals surface area contributed by atoms with Crippen LogP contribution in [-0.2, 0) is 0 Å². The number of nitrogens with zero attached hydrogens (tertiary/aromatic N) is 1. The molecule has 1 aromatic carbocycles. The Labute approximate surface area is 73.8 Å². The van der Waals surface area contributed by atoms with E-state index in [1.165, 1.54) is 19.1 Å². The summed E-state index contributed by atoms with van der Waals surface area (Å²) >= 11 is 0. The second-order valence-electron chi connectivity index (χ2n) is 2.51. The second-order valence-corrected chi connectivity index (χ2v) is 2.51.